The summed E-state index contributed by atoms with van der Waals surface area (Å²) in [6, 6.07) is 2.06. The summed E-state index contributed by atoms with van der Waals surface area (Å²) in [5, 5.41) is 5.18. The molecule has 1 aromatic heterocycles. The number of aliphatic imine (C=N–C) groups is 1. The SMILES string of the molecule is Cc1cnccc1CNC1=NCC(CC(C)C)S1. The van der Waals surface area contributed by atoms with Crippen LogP contribution >= 0.6 is 11.8 Å². The molecule has 1 aliphatic rings. The molecule has 0 saturated heterocycles. The zero-order valence-corrected chi connectivity index (χ0v) is 12.1. The Labute approximate surface area is 113 Å². The number of nitrogens with zero attached hydrogens (tertiary/aromatic N) is 2. The molecule has 0 bridgehead atoms. The van der Waals surface area contributed by atoms with Gasteiger partial charge in [0, 0.05) is 24.2 Å². The lowest BCUT2D eigenvalue weighted by Gasteiger charge is -2.11. The van der Waals surface area contributed by atoms with E-state index in [-0.39, 0.29) is 0 Å². The van der Waals surface area contributed by atoms with E-state index in [2.05, 4.69) is 42.1 Å². The fourth-order valence-electron chi connectivity index (χ4n) is 2.03. The van der Waals surface area contributed by atoms with Gasteiger partial charge < -0.3 is 5.32 Å². The van der Waals surface area contributed by atoms with Crippen LogP contribution in [0.3, 0.4) is 0 Å². The molecule has 18 heavy (non-hydrogen) atoms. The largest absolute Gasteiger partial charge is 0.361 e. The minimum absolute atomic E-state index is 0.658. The van der Waals surface area contributed by atoms with Crippen LogP contribution in [-0.4, -0.2) is 21.9 Å². The molecule has 2 rings (SSSR count). The summed E-state index contributed by atoms with van der Waals surface area (Å²) in [6.45, 7) is 8.43. The molecule has 98 valence electrons. The normalized spacial score (nSPS) is 19.1. The first-order chi connectivity index (χ1) is 8.65. The van der Waals surface area contributed by atoms with Crippen LogP contribution in [0.1, 0.15) is 31.4 Å². The van der Waals surface area contributed by atoms with E-state index < -0.39 is 0 Å². The topological polar surface area (TPSA) is 37.3 Å². The third-order valence-electron chi connectivity index (χ3n) is 3.02. The van der Waals surface area contributed by atoms with Crippen molar-refractivity contribution >= 4 is 16.9 Å². The van der Waals surface area contributed by atoms with Crippen molar-refractivity contribution in [1.29, 1.82) is 0 Å². The lowest BCUT2D eigenvalue weighted by Crippen LogP contribution is -2.19. The van der Waals surface area contributed by atoms with Crippen LogP contribution in [0.2, 0.25) is 0 Å². The van der Waals surface area contributed by atoms with Crippen molar-refractivity contribution in [3.05, 3.63) is 29.6 Å². The number of amidine groups is 1. The fourth-order valence-corrected chi connectivity index (χ4v) is 3.29. The standard InChI is InChI=1S/C14H21N3S/c1-10(2)6-13-9-17-14(18-13)16-8-12-4-5-15-7-11(12)3/h4-5,7,10,13H,6,8-9H2,1-3H3,(H,16,17). The molecular formula is C14H21N3S. The average Bonchev–Trinajstić information content (AvgIpc) is 2.75. The molecule has 0 aliphatic carbocycles. The van der Waals surface area contributed by atoms with Gasteiger partial charge in [-0.25, -0.2) is 0 Å². The average molecular weight is 263 g/mol. The first-order valence-electron chi connectivity index (χ1n) is 6.49. The second kappa shape index (κ2) is 6.23. The molecule has 0 aromatic carbocycles. The molecular weight excluding hydrogens is 242 g/mol. The number of nitrogens with one attached hydrogen (secondary N) is 1. The van der Waals surface area contributed by atoms with Crippen molar-refractivity contribution in [2.24, 2.45) is 10.9 Å². The van der Waals surface area contributed by atoms with Crippen molar-refractivity contribution in [3.63, 3.8) is 0 Å². The van der Waals surface area contributed by atoms with Crippen molar-refractivity contribution < 1.29 is 0 Å². The molecule has 0 radical (unpaired) electrons. The van der Waals surface area contributed by atoms with Gasteiger partial charge in [0.25, 0.3) is 0 Å². The Morgan fingerprint density at radius 3 is 3.06 bits per heavy atom. The monoisotopic (exact) mass is 263 g/mol. The molecule has 0 fully saturated rings. The molecule has 0 saturated carbocycles. The third kappa shape index (κ3) is 3.73. The summed E-state index contributed by atoms with van der Waals surface area (Å²) < 4.78 is 0. The number of pyridine rings is 1. The lowest BCUT2D eigenvalue weighted by atomic mass is 10.1. The van der Waals surface area contributed by atoms with Gasteiger partial charge in [-0.1, -0.05) is 25.6 Å². The number of rotatable bonds is 4. The first-order valence-corrected chi connectivity index (χ1v) is 7.37. The molecule has 1 atom stereocenters. The van der Waals surface area contributed by atoms with E-state index in [9.17, 15) is 0 Å². The van der Waals surface area contributed by atoms with Gasteiger partial charge >= 0.3 is 0 Å². The predicted molar refractivity (Wildman–Crippen MR) is 78.9 cm³/mol. The third-order valence-corrected chi connectivity index (χ3v) is 4.19. The number of hydrogen-bond donors (Lipinski definition) is 1. The van der Waals surface area contributed by atoms with Gasteiger partial charge in [-0.3, -0.25) is 9.98 Å². The fraction of sp³-hybridized carbons (Fsp3) is 0.571. The van der Waals surface area contributed by atoms with Crippen molar-refractivity contribution in [3.8, 4) is 0 Å². The highest BCUT2D eigenvalue weighted by Crippen LogP contribution is 2.25. The Morgan fingerprint density at radius 1 is 1.50 bits per heavy atom. The summed E-state index contributed by atoms with van der Waals surface area (Å²) >= 11 is 1.89. The van der Waals surface area contributed by atoms with Gasteiger partial charge in [0.05, 0.1) is 6.54 Å². The zero-order chi connectivity index (χ0) is 13.0. The molecule has 2 heterocycles. The molecule has 1 unspecified atom stereocenters. The van der Waals surface area contributed by atoms with Crippen LogP contribution < -0.4 is 5.32 Å². The van der Waals surface area contributed by atoms with E-state index in [1.165, 1.54) is 17.5 Å². The van der Waals surface area contributed by atoms with E-state index in [1.807, 2.05) is 24.2 Å². The summed E-state index contributed by atoms with van der Waals surface area (Å²) in [4.78, 5) is 8.67. The summed E-state index contributed by atoms with van der Waals surface area (Å²) in [7, 11) is 0. The quantitative estimate of drug-likeness (QED) is 0.907. The zero-order valence-electron chi connectivity index (χ0n) is 11.3. The molecule has 0 spiro atoms. The van der Waals surface area contributed by atoms with Crippen LogP contribution in [0.5, 0.6) is 0 Å². The Bertz CT molecular complexity index is 429. The van der Waals surface area contributed by atoms with Crippen LogP contribution in [0.15, 0.2) is 23.5 Å². The number of thioether (sulfide) groups is 1. The maximum atomic E-state index is 4.57. The van der Waals surface area contributed by atoms with E-state index >= 15 is 0 Å². The number of hydrogen-bond acceptors (Lipinski definition) is 4. The molecule has 1 aromatic rings. The van der Waals surface area contributed by atoms with Crippen molar-refractivity contribution in [2.45, 2.75) is 39.0 Å². The highest BCUT2D eigenvalue weighted by Gasteiger charge is 2.20. The molecule has 4 heteroatoms. The highest BCUT2D eigenvalue weighted by molar-refractivity contribution is 8.14. The Balaban J connectivity index is 1.80. The number of aryl methyl sites for hydroxylation is 1. The van der Waals surface area contributed by atoms with Gasteiger partial charge in [0.15, 0.2) is 5.17 Å². The predicted octanol–water partition coefficient (Wildman–Crippen LogP) is 3.00. The maximum Gasteiger partial charge on any atom is 0.157 e. The molecule has 1 N–H and O–H groups in total. The van der Waals surface area contributed by atoms with Crippen molar-refractivity contribution in [2.75, 3.05) is 6.54 Å². The van der Waals surface area contributed by atoms with Crippen LogP contribution in [0.25, 0.3) is 0 Å². The lowest BCUT2D eigenvalue weighted by molar-refractivity contribution is 0.575. The van der Waals surface area contributed by atoms with Crippen molar-refractivity contribution in [1.82, 2.24) is 10.3 Å². The van der Waals surface area contributed by atoms with Gasteiger partial charge in [-0.15, -0.1) is 0 Å². The highest BCUT2D eigenvalue weighted by atomic mass is 32.2. The molecule has 1 aliphatic heterocycles. The van der Waals surface area contributed by atoms with Crippen LogP contribution in [-0.2, 0) is 6.54 Å². The van der Waals surface area contributed by atoms with Gasteiger partial charge in [-0.05, 0) is 36.5 Å². The van der Waals surface area contributed by atoms with E-state index in [0.29, 0.717) is 5.25 Å². The van der Waals surface area contributed by atoms with E-state index in [0.717, 1.165) is 24.2 Å². The summed E-state index contributed by atoms with van der Waals surface area (Å²) in [5.41, 5.74) is 2.52. The van der Waals surface area contributed by atoms with Gasteiger partial charge in [0.1, 0.15) is 0 Å². The molecule has 0 amide bonds. The minimum Gasteiger partial charge on any atom is -0.361 e. The van der Waals surface area contributed by atoms with Gasteiger partial charge in [0.2, 0.25) is 0 Å². The van der Waals surface area contributed by atoms with Crippen LogP contribution in [0.4, 0.5) is 0 Å². The first kappa shape index (κ1) is 13.4. The Kier molecular flexibility index (Phi) is 4.64. The Hall–Kier alpha value is -1.03. The van der Waals surface area contributed by atoms with Crippen LogP contribution in [0, 0.1) is 12.8 Å². The van der Waals surface area contributed by atoms with E-state index in [1.54, 1.807) is 0 Å². The smallest absolute Gasteiger partial charge is 0.157 e. The van der Waals surface area contributed by atoms with E-state index in [4.69, 9.17) is 0 Å². The molecule has 3 nitrogen and oxygen atoms in total. The second-order valence-electron chi connectivity index (χ2n) is 5.17. The Morgan fingerprint density at radius 2 is 2.33 bits per heavy atom. The van der Waals surface area contributed by atoms with Gasteiger partial charge in [-0.2, -0.15) is 0 Å². The summed E-state index contributed by atoms with van der Waals surface area (Å²) in [6.07, 6.45) is 4.99. The second-order valence-corrected chi connectivity index (χ2v) is 6.46. The number of aromatic nitrogens is 1. The minimum atomic E-state index is 0.658. The summed E-state index contributed by atoms with van der Waals surface area (Å²) in [5.74, 6) is 0.750. The maximum absolute atomic E-state index is 4.57.